The third kappa shape index (κ3) is 4.71. The molecule has 0 bridgehead atoms. The number of carbonyl (C=O) groups is 1. The second-order valence-electron chi connectivity index (χ2n) is 6.97. The van der Waals surface area contributed by atoms with Gasteiger partial charge in [-0.2, -0.15) is 5.10 Å². The number of aryl methyl sites for hydroxylation is 1. The highest BCUT2D eigenvalue weighted by molar-refractivity contribution is 6.36. The second-order valence-corrected chi connectivity index (χ2v) is 7.82. The van der Waals surface area contributed by atoms with Crippen LogP contribution in [0.3, 0.4) is 0 Å². The van der Waals surface area contributed by atoms with Gasteiger partial charge in [-0.3, -0.25) is 4.79 Å². The molecule has 0 radical (unpaired) electrons. The fraction of sp³-hybridized carbons (Fsp3) is 0.0400. The molecule has 0 saturated heterocycles. The minimum Gasteiger partial charge on any atom is -0.314 e. The summed E-state index contributed by atoms with van der Waals surface area (Å²) >= 11 is 12.0. The first kappa shape index (κ1) is 20.9. The highest BCUT2D eigenvalue weighted by Crippen LogP contribution is 2.26. The Hall–Kier alpha value is -3.34. The normalized spacial score (nSPS) is 11.1. The van der Waals surface area contributed by atoms with Gasteiger partial charge in [0.2, 0.25) is 0 Å². The van der Waals surface area contributed by atoms with Crippen molar-refractivity contribution in [1.29, 1.82) is 0 Å². The Bertz CT molecular complexity index is 1250. The number of hydrogen-bond acceptors (Lipinski definition) is 2. The molecule has 1 heterocycles. The number of halogens is 2. The predicted molar refractivity (Wildman–Crippen MR) is 127 cm³/mol. The first-order valence-electron chi connectivity index (χ1n) is 9.65. The molecule has 1 amide bonds. The van der Waals surface area contributed by atoms with E-state index < -0.39 is 0 Å². The largest absolute Gasteiger partial charge is 0.314 e. The van der Waals surface area contributed by atoms with Gasteiger partial charge < -0.3 is 4.57 Å². The van der Waals surface area contributed by atoms with E-state index in [-0.39, 0.29) is 5.91 Å². The van der Waals surface area contributed by atoms with Gasteiger partial charge in [-0.15, -0.1) is 0 Å². The van der Waals surface area contributed by atoms with Crippen molar-refractivity contribution < 1.29 is 4.79 Å². The minimum absolute atomic E-state index is 0.305. The summed E-state index contributed by atoms with van der Waals surface area (Å²) < 4.78 is 2.16. The van der Waals surface area contributed by atoms with Gasteiger partial charge in [0.15, 0.2) is 0 Å². The molecule has 0 unspecified atom stereocenters. The zero-order chi connectivity index (χ0) is 21.8. The molecular formula is C25H19Cl2N3O. The van der Waals surface area contributed by atoms with E-state index in [1.165, 1.54) is 6.21 Å². The monoisotopic (exact) mass is 447 g/mol. The predicted octanol–water partition coefficient (Wildman–Crippen LogP) is 6.52. The zero-order valence-electron chi connectivity index (χ0n) is 16.7. The van der Waals surface area contributed by atoms with Crippen molar-refractivity contribution in [2.75, 3.05) is 0 Å². The van der Waals surface area contributed by atoms with Gasteiger partial charge in [-0.25, -0.2) is 5.43 Å². The molecule has 0 aliphatic carbocycles. The maximum atomic E-state index is 12.4. The number of nitrogens with one attached hydrogen (secondary N) is 1. The van der Waals surface area contributed by atoms with Crippen molar-refractivity contribution >= 4 is 35.3 Å². The van der Waals surface area contributed by atoms with Crippen LogP contribution in [-0.2, 0) is 0 Å². The molecule has 0 aliphatic rings. The lowest BCUT2D eigenvalue weighted by atomic mass is 10.1. The van der Waals surface area contributed by atoms with Crippen molar-refractivity contribution in [3.8, 4) is 16.9 Å². The Morgan fingerprint density at radius 1 is 0.935 bits per heavy atom. The van der Waals surface area contributed by atoms with Crippen LogP contribution in [0.1, 0.15) is 21.6 Å². The molecule has 1 aromatic heterocycles. The van der Waals surface area contributed by atoms with E-state index in [1.54, 1.807) is 30.3 Å². The summed E-state index contributed by atoms with van der Waals surface area (Å²) in [6.07, 6.45) is 1.49. The maximum absolute atomic E-state index is 12.4. The van der Waals surface area contributed by atoms with Gasteiger partial charge >= 0.3 is 0 Å². The number of carbonyl (C=O) groups excluding carboxylic acids is 1. The summed E-state index contributed by atoms with van der Waals surface area (Å²) in [5.41, 5.74) is 8.02. The van der Waals surface area contributed by atoms with Crippen LogP contribution < -0.4 is 5.43 Å². The van der Waals surface area contributed by atoms with Crippen LogP contribution in [0.25, 0.3) is 16.9 Å². The third-order valence-corrected chi connectivity index (χ3v) is 5.43. The molecule has 0 atom stereocenters. The van der Waals surface area contributed by atoms with Crippen molar-refractivity contribution in [1.82, 2.24) is 9.99 Å². The van der Waals surface area contributed by atoms with Crippen LogP contribution in [0.2, 0.25) is 10.0 Å². The van der Waals surface area contributed by atoms with Gasteiger partial charge in [-0.05, 0) is 61.0 Å². The third-order valence-electron chi connectivity index (χ3n) is 4.87. The first-order chi connectivity index (χ1) is 15.0. The molecule has 0 saturated carbocycles. The fourth-order valence-electron chi connectivity index (χ4n) is 3.31. The fourth-order valence-corrected chi connectivity index (χ4v) is 3.77. The molecular weight excluding hydrogens is 429 g/mol. The molecule has 4 rings (SSSR count). The Balaban J connectivity index is 1.51. The summed E-state index contributed by atoms with van der Waals surface area (Å²) in [5, 5.41) is 5.00. The molecule has 3 aromatic carbocycles. The number of hydrazone groups is 1. The molecule has 1 N–H and O–H groups in total. The van der Waals surface area contributed by atoms with E-state index in [0.29, 0.717) is 21.2 Å². The number of rotatable bonds is 5. The minimum atomic E-state index is -0.305. The smallest absolute Gasteiger partial charge is 0.271 e. The Labute approximate surface area is 190 Å². The van der Waals surface area contributed by atoms with Gasteiger partial charge in [0.1, 0.15) is 0 Å². The Morgan fingerprint density at radius 2 is 1.68 bits per heavy atom. The summed E-state index contributed by atoms with van der Waals surface area (Å²) in [5.74, 6) is -0.305. The molecule has 31 heavy (non-hydrogen) atoms. The van der Waals surface area contributed by atoms with Crippen LogP contribution in [-0.4, -0.2) is 16.7 Å². The number of nitrogens with zero attached hydrogens (tertiary/aromatic N) is 2. The number of benzene rings is 3. The molecule has 0 spiro atoms. The van der Waals surface area contributed by atoms with Crippen LogP contribution in [0.15, 0.2) is 90.0 Å². The van der Waals surface area contributed by atoms with E-state index >= 15 is 0 Å². The molecule has 4 nitrogen and oxygen atoms in total. The van der Waals surface area contributed by atoms with Gasteiger partial charge in [-0.1, -0.05) is 59.6 Å². The number of amides is 1. The van der Waals surface area contributed by atoms with Crippen LogP contribution >= 0.6 is 23.2 Å². The highest BCUT2D eigenvalue weighted by atomic mass is 35.5. The average Bonchev–Trinajstić information content (AvgIpc) is 3.17. The van der Waals surface area contributed by atoms with Crippen molar-refractivity contribution in [2.45, 2.75) is 6.92 Å². The molecule has 6 heteroatoms. The highest BCUT2D eigenvalue weighted by Gasteiger charge is 2.11. The van der Waals surface area contributed by atoms with E-state index in [4.69, 9.17) is 23.2 Å². The van der Waals surface area contributed by atoms with E-state index in [0.717, 1.165) is 22.6 Å². The van der Waals surface area contributed by atoms with E-state index in [1.807, 2.05) is 30.3 Å². The summed E-state index contributed by atoms with van der Waals surface area (Å²) in [7, 11) is 0. The first-order valence-corrected chi connectivity index (χ1v) is 10.4. The van der Waals surface area contributed by atoms with Crippen molar-refractivity contribution in [2.24, 2.45) is 5.10 Å². The molecule has 154 valence electrons. The lowest BCUT2D eigenvalue weighted by molar-refractivity contribution is 0.0955. The zero-order valence-corrected chi connectivity index (χ0v) is 18.2. The Kier molecular flexibility index (Phi) is 6.21. The standard InChI is InChI=1S/C25H19Cl2N3O/c1-17-7-14-24(18-5-3-2-4-6-18)30(17)22-12-9-19(10-13-22)25(31)29-28-16-20-8-11-21(26)15-23(20)27/h2-16H,1H3,(H,29,31)/b28-16+. The number of hydrogen-bond donors (Lipinski definition) is 1. The average molecular weight is 448 g/mol. The van der Waals surface area contributed by atoms with E-state index in [2.05, 4.69) is 46.3 Å². The van der Waals surface area contributed by atoms with Crippen LogP contribution in [0.5, 0.6) is 0 Å². The van der Waals surface area contributed by atoms with Crippen LogP contribution in [0, 0.1) is 6.92 Å². The van der Waals surface area contributed by atoms with Gasteiger partial charge in [0, 0.05) is 27.5 Å². The molecule has 4 aromatic rings. The second kappa shape index (κ2) is 9.21. The van der Waals surface area contributed by atoms with Gasteiger partial charge in [0.05, 0.1) is 16.9 Å². The van der Waals surface area contributed by atoms with E-state index in [9.17, 15) is 4.79 Å². The topological polar surface area (TPSA) is 46.4 Å². The lowest BCUT2D eigenvalue weighted by Gasteiger charge is -2.12. The van der Waals surface area contributed by atoms with Crippen molar-refractivity contribution in [3.05, 3.63) is 112 Å². The lowest BCUT2D eigenvalue weighted by Crippen LogP contribution is -2.17. The molecule has 0 fully saturated rings. The maximum Gasteiger partial charge on any atom is 0.271 e. The van der Waals surface area contributed by atoms with Gasteiger partial charge in [0.25, 0.3) is 5.91 Å². The quantitative estimate of drug-likeness (QED) is 0.274. The number of aromatic nitrogens is 1. The van der Waals surface area contributed by atoms with Crippen molar-refractivity contribution in [3.63, 3.8) is 0 Å². The molecule has 0 aliphatic heterocycles. The SMILES string of the molecule is Cc1ccc(-c2ccccc2)n1-c1ccc(C(=O)N/N=C/c2ccc(Cl)cc2Cl)cc1. The Morgan fingerprint density at radius 3 is 2.39 bits per heavy atom. The summed E-state index contributed by atoms with van der Waals surface area (Å²) in [6, 6.07) is 26.9. The van der Waals surface area contributed by atoms with Crippen LogP contribution in [0.4, 0.5) is 0 Å². The summed E-state index contributed by atoms with van der Waals surface area (Å²) in [6.45, 7) is 2.06. The summed E-state index contributed by atoms with van der Waals surface area (Å²) in [4.78, 5) is 12.4.